The minimum Gasteiger partial charge on any atom is -0.495 e. The molecule has 0 unspecified atom stereocenters. The maximum atomic E-state index is 13.0. The van der Waals surface area contributed by atoms with Gasteiger partial charge in [0.25, 0.3) is 5.69 Å². The number of oxazole rings is 1. The van der Waals surface area contributed by atoms with E-state index in [9.17, 15) is 19.3 Å². The third-order valence-electron chi connectivity index (χ3n) is 3.92. The standard InChI is InChI=1S/C19H16FN3O5/c1-27-16-7-6-14(23(25)26)10-15(16)22-18(24)8-9-19-21-11-17(28-19)12-2-4-13(20)5-3-12/h2-7,10-11H,8-9H2,1H3,(H,22,24). The van der Waals surface area contributed by atoms with Gasteiger partial charge in [-0.3, -0.25) is 14.9 Å². The predicted molar refractivity (Wildman–Crippen MR) is 98.5 cm³/mol. The van der Waals surface area contributed by atoms with Crippen molar-refractivity contribution in [3.63, 3.8) is 0 Å². The molecule has 0 aliphatic carbocycles. The van der Waals surface area contributed by atoms with Crippen LogP contribution in [-0.2, 0) is 11.2 Å². The van der Waals surface area contributed by atoms with Crippen LogP contribution in [0.4, 0.5) is 15.8 Å². The highest BCUT2D eigenvalue weighted by molar-refractivity contribution is 5.92. The van der Waals surface area contributed by atoms with E-state index in [4.69, 9.17) is 9.15 Å². The molecule has 28 heavy (non-hydrogen) atoms. The molecule has 3 aromatic rings. The van der Waals surface area contributed by atoms with Gasteiger partial charge in [-0.25, -0.2) is 9.37 Å². The monoisotopic (exact) mass is 385 g/mol. The number of halogens is 1. The zero-order valence-electron chi connectivity index (χ0n) is 14.8. The number of carbonyl (C=O) groups is 1. The number of carbonyl (C=O) groups excluding carboxylic acids is 1. The van der Waals surface area contributed by atoms with Gasteiger partial charge in [0.05, 0.1) is 23.9 Å². The van der Waals surface area contributed by atoms with Gasteiger partial charge in [-0.2, -0.15) is 0 Å². The zero-order chi connectivity index (χ0) is 20.1. The molecule has 0 saturated carbocycles. The van der Waals surface area contributed by atoms with E-state index in [2.05, 4.69) is 10.3 Å². The van der Waals surface area contributed by atoms with Crippen LogP contribution in [0.25, 0.3) is 11.3 Å². The molecule has 2 aromatic carbocycles. The molecular weight excluding hydrogens is 369 g/mol. The number of hydrogen-bond donors (Lipinski definition) is 1. The van der Waals surface area contributed by atoms with Crippen LogP contribution in [0.1, 0.15) is 12.3 Å². The van der Waals surface area contributed by atoms with E-state index in [1.165, 1.54) is 43.6 Å². The Kier molecular flexibility index (Phi) is 5.64. The number of anilines is 1. The van der Waals surface area contributed by atoms with Crippen LogP contribution in [0, 0.1) is 15.9 Å². The Balaban J connectivity index is 1.63. The molecule has 9 heteroatoms. The van der Waals surface area contributed by atoms with Crippen LogP contribution in [0.5, 0.6) is 5.75 Å². The van der Waals surface area contributed by atoms with Gasteiger partial charge in [0.15, 0.2) is 11.7 Å². The second kappa shape index (κ2) is 8.30. The Morgan fingerprint density at radius 3 is 2.71 bits per heavy atom. The number of aryl methyl sites for hydroxylation is 1. The molecule has 1 heterocycles. The smallest absolute Gasteiger partial charge is 0.271 e. The molecule has 1 N–H and O–H groups in total. The van der Waals surface area contributed by atoms with Crippen LogP contribution in [0.2, 0.25) is 0 Å². The second-order valence-corrected chi connectivity index (χ2v) is 5.82. The van der Waals surface area contributed by atoms with Crippen LogP contribution in [-0.4, -0.2) is 22.9 Å². The Labute approximate surface area is 159 Å². The summed E-state index contributed by atoms with van der Waals surface area (Å²) in [6, 6.07) is 9.71. The molecule has 0 saturated heterocycles. The van der Waals surface area contributed by atoms with Crippen molar-refractivity contribution < 1.29 is 23.3 Å². The molecule has 0 fully saturated rings. The molecule has 3 rings (SSSR count). The van der Waals surface area contributed by atoms with Crippen molar-refractivity contribution in [1.29, 1.82) is 0 Å². The zero-order valence-corrected chi connectivity index (χ0v) is 14.8. The highest BCUT2D eigenvalue weighted by Gasteiger charge is 2.15. The SMILES string of the molecule is COc1ccc([N+](=O)[O-])cc1NC(=O)CCc1ncc(-c2ccc(F)cc2)o1. The minimum absolute atomic E-state index is 0.0508. The molecule has 1 amide bonds. The van der Waals surface area contributed by atoms with Crippen LogP contribution >= 0.6 is 0 Å². The highest BCUT2D eigenvalue weighted by Crippen LogP contribution is 2.29. The predicted octanol–water partition coefficient (Wildman–Crippen LogP) is 3.97. The summed E-state index contributed by atoms with van der Waals surface area (Å²) >= 11 is 0. The summed E-state index contributed by atoms with van der Waals surface area (Å²) in [4.78, 5) is 26.7. The summed E-state index contributed by atoms with van der Waals surface area (Å²) in [5.41, 5.74) is 0.722. The number of aromatic nitrogens is 1. The van der Waals surface area contributed by atoms with Gasteiger partial charge >= 0.3 is 0 Å². The maximum Gasteiger partial charge on any atom is 0.271 e. The molecule has 8 nitrogen and oxygen atoms in total. The Morgan fingerprint density at radius 1 is 1.29 bits per heavy atom. The first kappa shape index (κ1) is 19.0. The van der Waals surface area contributed by atoms with Gasteiger partial charge < -0.3 is 14.5 Å². The first-order valence-electron chi connectivity index (χ1n) is 8.29. The number of non-ortho nitro benzene ring substituents is 1. The molecule has 0 aliphatic rings. The number of ether oxygens (including phenoxy) is 1. The number of benzene rings is 2. The van der Waals surface area contributed by atoms with Crippen LogP contribution < -0.4 is 10.1 Å². The average molecular weight is 385 g/mol. The third-order valence-corrected chi connectivity index (χ3v) is 3.92. The summed E-state index contributed by atoms with van der Waals surface area (Å²) < 4.78 is 23.7. The first-order chi connectivity index (χ1) is 13.5. The van der Waals surface area contributed by atoms with Gasteiger partial charge in [-0.15, -0.1) is 0 Å². The van der Waals surface area contributed by atoms with Crippen LogP contribution in [0.15, 0.2) is 53.1 Å². The first-order valence-corrected chi connectivity index (χ1v) is 8.29. The maximum absolute atomic E-state index is 13.0. The fourth-order valence-electron chi connectivity index (χ4n) is 2.51. The lowest BCUT2D eigenvalue weighted by molar-refractivity contribution is -0.384. The number of nitro groups is 1. The molecule has 0 spiro atoms. The normalized spacial score (nSPS) is 10.5. The Bertz CT molecular complexity index is 1000. The fourth-order valence-corrected chi connectivity index (χ4v) is 2.51. The second-order valence-electron chi connectivity index (χ2n) is 5.82. The van der Waals surface area contributed by atoms with Gasteiger partial charge in [0, 0.05) is 30.5 Å². The van der Waals surface area contributed by atoms with Gasteiger partial charge in [0.1, 0.15) is 11.6 Å². The van der Waals surface area contributed by atoms with Crippen molar-refractivity contribution in [2.45, 2.75) is 12.8 Å². The number of rotatable bonds is 7. The van der Waals surface area contributed by atoms with E-state index in [1.807, 2.05) is 0 Å². The van der Waals surface area contributed by atoms with E-state index in [0.717, 1.165) is 0 Å². The highest BCUT2D eigenvalue weighted by atomic mass is 19.1. The summed E-state index contributed by atoms with van der Waals surface area (Å²) in [6.45, 7) is 0. The summed E-state index contributed by atoms with van der Waals surface area (Å²) in [6.07, 6.45) is 1.78. The van der Waals surface area contributed by atoms with Crippen molar-refractivity contribution in [3.8, 4) is 17.1 Å². The van der Waals surface area contributed by atoms with E-state index in [0.29, 0.717) is 23.0 Å². The molecule has 1 aromatic heterocycles. The largest absolute Gasteiger partial charge is 0.495 e. The lowest BCUT2D eigenvalue weighted by Crippen LogP contribution is -2.13. The number of amides is 1. The van der Waals surface area contributed by atoms with E-state index in [1.54, 1.807) is 12.1 Å². The van der Waals surface area contributed by atoms with Crippen molar-refractivity contribution >= 4 is 17.3 Å². The number of hydrogen-bond acceptors (Lipinski definition) is 6. The average Bonchev–Trinajstić information content (AvgIpc) is 3.16. The molecule has 144 valence electrons. The lowest BCUT2D eigenvalue weighted by atomic mass is 10.2. The minimum atomic E-state index is -0.557. The number of nitrogens with zero attached hydrogens (tertiary/aromatic N) is 2. The third kappa shape index (κ3) is 4.50. The topological polar surface area (TPSA) is 108 Å². The molecule has 0 radical (unpaired) electrons. The molecule has 0 bridgehead atoms. The van der Waals surface area contributed by atoms with Crippen molar-refractivity contribution in [2.24, 2.45) is 0 Å². The quantitative estimate of drug-likeness (QED) is 0.487. The Hall–Kier alpha value is -3.75. The van der Waals surface area contributed by atoms with Crippen molar-refractivity contribution in [1.82, 2.24) is 4.98 Å². The number of methoxy groups -OCH3 is 1. The lowest BCUT2D eigenvalue weighted by Gasteiger charge is -2.09. The van der Waals surface area contributed by atoms with E-state index in [-0.39, 0.29) is 35.9 Å². The van der Waals surface area contributed by atoms with Crippen molar-refractivity contribution in [2.75, 3.05) is 12.4 Å². The fraction of sp³-hybridized carbons (Fsp3) is 0.158. The Morgan fingerprint density at radius 2 is 2.04 bits per heavy atom. The van der Waals surface area contributed by atoms with Gasteiger partial charge in [-0.1, -0.05) is 0 Å². The summed E-state index contributed by atoms with van der Waals surface area (Å²) in [7, 11) is 1.40. The van der Waals surface area contributed by atoms with E-state index >= 15 is 0 Å². The van der Waals surface area contributed by atoms with E-state index < -0.39 is 4.92 Å². The molecule has 0 aliphatic heterocycles. The molecular formula is C19H16FN3O5. The summed E-state index contributed by atoms with van der Waals surface area (Å²) in [5, 5.41) is 13.5. The number of nitrogens with one attached hydrogen (secondary N) is 1. The summed E-state index contributed by atoms with van der Waals surface area (Å²) in [5.74, 6) is 0.405. The van der Waals surface area contributed by atoms with Gasteiger partial charge in [-0.05, 0) is 30.3 Å². The van der Waals surface area contributed by atoms with Gasteiger partial charge in [0.2, 0.25) is 5.91 Å². The molecule has 0 atom stereocenters. The van der Waals surface area contributed by atoms with Crippen LogP contribution in [0.3, 0.4) is 0 Å². The number of nitro benzene ring substituents is 1. The van der Waals surface area contributed by atoms with Crippen molar-refractivity contribution in [3.05, 3.63) is 70.5 Å².